The number of likely N-dealkylation sites (N-methyl/N-ethyl adjacent to an activating group) is 1. The normalized spacial score (nSPS) is 28.2. The molecule has 3 aliphatic heterocycles. The monoisotopic (exact) mass is 1150 g/mol. The molecule has 40 heteroatoms. The van der Waals surface area contributed by atoms with Crippen LogP contribution in [0.15, 0.2) is 0 Å². The topological polar surface area (TPSA) is 422 Å². The van der Waals surface area contributed by atoms with Crippen LogP contribution in [0.25, 0.3) is 0 Å². The molecular weight excluding hydrogens is 1090 g/mol. The Labute approximate surface area is 452 Å². The van der Waals surface area contributed by atoms with Gasteiger partial charge in [-0.15, -0.1) is 0 Å². The fourth-order valence-corrected chi connectivity index (χ4v) is 9.58. The third kappa shape index (κ3) is 24.2. The number of phosphoric acid groups is 3. The van der Waals surface area contributed by atoms with E-state index in [2.05, 4.69) is 25.0 Å². The highest BCUT2D eigenvalue weighted by Crippen LogP contribution is 2.48. The van der Waals surface area contributed by atoms with Crippen LogP contribution >= 0.6 is 23.5 Å². The first kappa shape index (κ1) is 70.5. The lowest BCUT2D eigenvalue weighted by atomic mass is 9.93. The van der Waals surface area contributed by atoms with Gasteiger partial charge in [-0.25, -0.2) is 0 Å². The van der Waals surface area contributed by atoms with Crippen molar-refractivity contribution in [2.75, 3.05) is 100.0 Å². The number of phosphoric ester groups is 3. The van der Waals surface area contributed by atoms with Crippen molar-refractivity contribution in [2.24, 2.45) is 0 Å². The van der Waals surface area contributed by atoms with Crippen molar-refractivity contribution in [3.63, 3.8) is 0 Å². The first-order valence-corrected chi connectivity index (χ1v) is 27.6. The van der Waals surface area contributed by atoms with Crippen molar-refractivity contribution in [3.8, 4) is 0 Å². The van der Waals surface area contributed by atoms with E-state index in [1.165, 1.54) is 28.7 Å². The number of aliphatic hydroxyl groups excluding tert-OH is 3. The minimum Gasteiger partial charge on any atom is -0.756 e. The summed E-state index contributed by atoms with van der Waals surface area (Å²) >= 11 is 0. The molecule has 12 radical (unpaired) electrons. The SMILES string of the molecule is [B]C1OC(COP(=O)([O-])OC2C(COP(=O)([O-])OC3C(COC)OC([B])C3O)OC([B])C2O)C(OP(=O)([O-])OC)C1O.[B]CC(=O)N(CCNC(=O)CN(CCNC(=O)CN(CCNC)C(=O)C[B])C(=O)C[B])CC(C)=O. The van der Waals surface area contributed by atoms with Crippen LogP contribution in [-0.2, 0) is 88.6 Å². The van der Waals surface area contributed by atoms with Crippen LogP contribution in [0.5, 0.6) is 0 Å². The summed E-state index contributed by atoms with van der Waals surface area (Å²) < 4.78 is 84.8. The first-order chi connectivity index (χ1) is 36.0. The highest BCUT2D eigenvalue weighted by atomic mass is 31.2. The lowest BCUT2D eigenvalue weighted by Crippen LogP contribution is -2.47. The standard InChI is InChI=1S/C20H33B3N6O6.C17H30B3O19P3/c1-15(30)12-27(18(33)9-21)7-4-25-17(32)14-29(20(35)11-23)8-5-26-16(31)13-28(6-3-24-2)19(34)10-22;1-30-3-6-12(9(21)15(18)34-6)38-41(26,27)33-5-8-14(11(23)17(20)36-8)39-42(28,29)32-4-7-13(10(22)16(19)35-7)37-40(24,25)31-2/h24H,3-14H2,1-2H3,(H,25,32)(H,26,31);6-17,21-23H,3-5H2,1-2H3,(H,24,25)(H,26,27)(H,28,29)/p-3. The molecule has 3 aliphatic rings. The minimum atomic E-state index is -5.43. The van der Waals surface area contributed by atoms with Gasteiger partial charge in [-0.2, -0.15) is 0 Å². The Morgan fingerprint density at radius 2 is 0.883 bits per heavy atom. The van der Waals surface area contributed by atoms with Crippen molar-refractivity contribution in [2.45, 2.75) is 98.8 Å². The molecule has 0 aromatic carbocycles. The van der Waals surface area contributed by atoms with E-state index in [1.807, 2.05) is 0 Å². The fourth-order valence-electron chi connectivity index (χ4n) is 7.04. The third-order valence-corrected chi connectivity index (χ3v) is 13.8. The van der Waals surface area contributed by atoms with Gasteiger partial charge >= 0.3 is 0 Å². The van der Waals surface area contributed by atoms with Gasteiger partial charge in [-0.3, -0.25) is 42.5 Å². The predicted octanol–water partition coefficient (Wildman–Crippen LogP) is -9.09. The van der Waals surface area contributed by atoms with Gasteiger partial charge in [0.2, 0.25) is 29.5 Å². The van der Waals surface area contributed by atoms with Crippen LogP contribution in [0.1, 0.15) is 6.92 Å². The Hall–Kier alpha value is -2.58. The quantitative estimate of drug-likeness (QED) is 0.0262. The zero-order valence-corrected chi connectivity index (χ0v) is 45.2. The Morgan fingerprint density at radius 1 is 0.558 bits per heavy atom. The number of Topliss-reactive ketones (excluding diaryl/α,β-unsaturated/α-hetero) is 1. The number of ketones is 1. The Morgan fingerprint density at radius 3 is 1.19 bits per heavy atom. The summed E-state index contributed by atoms with van der Waals surface area (Å²) in [6.07, 6.45) is -15.4. The van der Waals surface area contributed by atoms with Gasteiger partial charge in [0, 0.05) is 71.5 Å². The molecule has 31 nitrogen and oxygen atoms in total. The molecule has 15 unspecified atom stereocenters. The molecule has 15 atom stereocenters. The number of carbonyl (C=O) groups excluding carboxylic acids is 6. The lowest BCUT2D eigenvalue weighted by Gasteiger charge is -2.33. The van der Waals surface area contributed by atoms with Crippen LogP contribution in [0.4, 0.5) is 0 Å². The number of nitrogens with one attached hydrogen (secondary N) is 3. The van der Waals surface area contributed by atoms with Gasteiger partial charge < -0.3 is 107 Å². The number of methoxy groups -OCH3 is 1. The molecule has 0 aromatic rings. The van der Waals surface area contributed by atoms with Crippen LogP contribution in [0.2, 0.25) is 19.0 Å². The number of carbonyl (C=O) groups is 6. The number of aliphatic hydroxyl groups is 3. The van der Waals surface area contributed by atoms with Crippen molar-refractivity contribution >= 4 is 106 Å². The van der Waals surface area contributed by atoms with Crippen molar-refractivity contribution in [3.05, 3.63) is 0 Å². The molecule has 0 saturated carbocycles. The van der Waals surface area contributed by atoms with Gasteiger partial charge in [0.1, 0.15) is 84.3 Å². The molecule has 77 heavy (non-hydrogen) atoms. The van der Waals surface area contributed by atoms with E-state index >= 15 is 0 Å². The minimum absolute atomic E-state index is 0.0126. The average molecular weight is 1150 g/mol. The van der Waals surface area contributed by atoms with Crippen LogP contribution in [0, 0.1) is 0 Å². The molecule has 0 aliphatic carbocycles. The second kappa shape index (κ2) is 34.0. The van der Waals surface area contributed by atoms with Crippen molar-refractivity contribution in [1.29, 1.82) is 0 Å². The molecule has 0 bridgehead atoms. The summed E-state index contributed by atoms with van der Waals surface area (Å²) in [6, 6.07) is -4.33. The van der Waals surface area contributed by atoms with Gasteiger partial charge in [0.05, 0.1) is 63.0 Å². The summed E-state index contributed by atoms with van der Waals surface area (Å²) in [6.45, 7) is -0.495. The number of hydrogen-bond donors (Lipinski definition) is 6. The molecule has 3 fully saturated rings. The number of hydrogen-bond acceptors (Lipinski definition) is 26. The summed E-state index contributed by atoms with van der Waals surface area (Å²) in [5, 5.41) is 38.4. The third-order valence-electron chi connectivity index (χ3n) is 10.9. The van der Waals surface area contributed by atoms with Crippen LogP contribution in [-0.4, -0.2) is 285 Å². The Balaban J connectivity index is 0.000000537. The van der Waals surface area contributed by atoms with Crippen molar-refractivity contribution in [1.82, 2.24) is 30.7 Å². The van der Waals surface area contributed by atoms with E-state index in [0.717, 1.165) is 7.11 Å². The van der Waals surface area contributed by atoms with E-state index in [1.54, 1.807) is 7.05 Å². The zero-order valence-electron chi connectivity index (χ0n) is 42.5. The van der Waals surface area contributed by atoms with Crippen LogP contribution < -0.4 is 30.6 Å². The van der Waals surface area contributed by atoms with E-state index in [9.17, 15) is 72.5 Å². The molecule has 3 rings (SSSR count). The molecule has 424 valence electrons. The number of amides is 5. The lowest BCUT2D eigenvalue weighted by molar-refractivity contribution is -0.240. The van der Waals surface area contributed by atoms with Gasteiger partial charge in [-0.1, -0.05) is 0 Å². The van der Waals surface area contributed by atoms with E-state index in [0.29, 0.717) is 13.1 Å². The van der Waals surface area contributed by atoms with Crippen molar-refractivity contribution < 1.29 is 119 Å². The highest BCUT2D eigenvalue weighted by Gasteiger charge is 2.48. The maximum Gasteiger partial charge on any atom is 0.268 e. The summed E-state index contributed by atoms with van der Waals surface area (Å²) in [5.74, 6) is -2.47. The fraction of sp³-hybridized carbons (Fsp3) is 0.838. The molecule has 6 N–H and O–H groups in total. The largest absolute Gasteiger partial charge is 0.756 e. The maximum atomic E-state index is 12.5. The number of ether oxygens (including phenoxy) is 4. The van der Waals surface area contributed by atoms with Gasteiger partial charge in [0.15, 0.2) is 0 Å². The van der Waals surface area contributed by atoms with E-state index < -0.39 is 133 Å². The Bertz CT molecular complexity index is 2070. The molecule has 3 saturated heterocycles. The average Bonchev–Trinajstić information content (AvgIpc) is 3.90. The summed E-state index contributed by atoms with van der Waals surface area (Å²) in [7, 11) is 20.9. The molecule has 3 heterocycles. The molecule has 5 amide bonds. The molecule has 0 spiro atoms. The summed E-state index contributed by atoms with van der Waals surface area (Å²) in [5.41, 5.74) is 0. The first-order valence-electron chi connectivity index (χ1n) is 23.2. The summed E-state index contributed by atoms with van der Waals surface area (Å²) in [4.78, 5) is 112. The number of nitrogens with zero attached hydrogens (tertiary/aromatic N) is 3. The van der Waals surface area contributed by atoms with Gasteiger partial charge in [0.25, 0.3) is 23.5 Å². The van der Waals surface area contributed by atoms with Crippen LogP contribution in [0.3, 0.4) is 0 Å². The smallest absolute Gasteiger partial charge is 0.268 e. The molecule has 0 aromatic heterocycles. The second-order valence-corrected chi connectivity index (χ2v) is 20.9. The maximum absolute atomic E-state index is 12.5. The van der Waals surface area contributed by atoms with E-state index in [4.69, 9.17) is 84.1 Å². The van der Waals surface area contributed by atoms with E-state index in [-0.39, 0.29) is 83.1 Å². The second-order valence-electron chi connectivity index (χ2n) is 16.7. The zero-order chi connectivity index (χ0) is 58.4. The predicted molar refractivity (Wildman–Crippen MR) is 262 cm³/mol. The highest BCUT2D eigenvalue weighted by molar-refractivity contribution is 7.46. The Kier molecular flexibility index (Phi) is 31.1. The number of rotatable bonds is 33. The van der Waals surface area contributed by atoms with Gasteiger partial charge in [-0.05, 0) is 32.9 Å². The molecular formula is C37H60B6N6O25P3-3.